The van der Waals surface area contributed by atoms with Crippen LogP contribution in [-0.4, -0.2) is 47.3 Å². The lowest BCUT2D eigenvalue weighted by Gasteiger charge is -2.13. The molecule has 0 atom stereocenters. The second-order valence-corrected chi connectivity index (χ2v) is 4.89. The smallest absolute Gasteiger partial charge is 0.269 e. The third kappa shape index (κ3) is 4.34. The van der Waals surface area contributed by atoms with E-state index in [9.17, 15) is 10.1 Å². The van der Waals surface area contributed by atoms with Crippen LogP contribution in [0.5, 0.6) is 0 Å². The van der Waals surface area contributed by atoms with Crippen molar-refractivity contribution in [3.05, 3.63) is 40.3 Å². The molecule has 0 aliphatic carbocycles. The topological polar surface area (TPSA) is 94.5 Å². The van der Waals surface area contributed by atoms with Gasteiger partial charge in [-0.3, -0.25) is 15.0 Å². The summed E-state index contributed by atoms with van der Waals surface area (Å²) < 4.78 is 10.6. The van der Waals surface area contributed by atoms with Crippen LogP contribution in [0.2, 0.25) is 0 Å². The monoisotopic (exact) mass is 306 g/mol. The number of benzene rings is 1. The molecule has 0 fully saturated rings. The van der Waals surface area contributed by atoms with Gasteiger partial charge in [-0.25, -0.2) is 0 Å². The van der Waals surface area contributed by atoms with E-state index in [0.29, 0.717) is 30.5 Å². The number of non-ortho nitro benzene ring substituents is 1. The van der Waals surface area contributed by atoms with Gasteiger partial charge < -0.3 is 9.15 Å². The van der Waals surface area contributed by atoms with Crippen molar-refractivity contribution in [1.82, 2.24) is 15.1 Å². The maximum atomic E-state index is 10.6. The highest BCUT2D eigenvalue weighted by atomic mass is 16.6. The first-order valence-electron chi connectivity index (χ1n) is 6.85. The second-order valence-electron chi connectivity index (χ2n) is 4.89. The summed E-state index contributed by atoms with van der Waals surface area (Å²) in [6, 6.07) is 6.02. The number of methoxy groups -OCH3 is 1. The van der Waals surface area contributed by atoms with E-state index in [1.807, 2.05) is 7.05 Å². The summed E-state index contributed by atoms with van der Waals surface area (Å²) in [6.07, 6.45) is 0.927. The standard InChI is InChI=1S/C14H18N4O4/c1-17(8-3-9-21-2)10-13-15-16-14(22-13)11-4-6-12(7-5-11)18(19)20/h4-7H,3,8-10H2,1-2H3. The van der Waals surface area contributed by atoms with Crippen LogP contribution in [0, 0.1) is 10.1 Å². The molecule has 0 saturated heterocycles. The highest BCUT2D eigenvalue weighted by molar-refractivity contribution is 5.55. The van der Waals surface area contributed by atoms with E-state index in [-0.39, 0.29) is 5.69 Å². The SMILES string of the molecule is COCCCN(C)Cc1nnc(-c2ccc([N+](=O)[O-])cc2)o1. The summed E-state index contributed by atoms with van der Waals surface area (Å²) in [7, 11) is 3.64. The van der Waals surface area contributed by atoms with Crippen LogP contribution in [0.1, 0.15) is 12.3 Å². The Morgan fingerprint density at radius 2 is 2.05 bits per heavy atom. The van der Waals surface area contributed by atoms with E-state index in [2.05, 4.69) is 15.1 Å². The van der Waals surface area contributed by atoms with Crippen LogP contribution in [0.3, 0.4) is 0 Å². The van der Waals surface area contributed by atoms with Crippen LogP contribution in [-0.2, 0) is 11.3 Å². The third-order valence-electron chi connectivity index (χ3n) is 3.09. The highest BCUT2D eigenvalue weighted by Gasteiger charge is 2.12. The van der Waals surface area contributed by atoms with Gasteiger partial charge in [0.05, 0.1) is 11.5 Å². The molecule has 1 aromatic carbocycles. The Balaban J connectivity index is 1.97. The van der Waals surface area contributed by atoms with Gasteiger partial charge in [0.2, 0.25) is 11.8 Å². The Hall–Kier alpha value is -2.32. The van der Waals surface area contributed by atoms with Crippen LogP contribution in [0.4, 0.5) is 5.69 Å². The molecule has 2 rings (SSSR count). The summed E-state index contributed by atoms with van der Waals surface area (Å²) >= 11 is 0. The Kier molecular flexibility index (Phi) is 5.56. The molecule has 2 aromatic rings. The van der Waals surface area contributed by atoms with Gasteiger partial charge in [-0.15, -0.1) is 10.2 Å². The average Bonchev–Trinajstić information content (AvgIpc) is 2.96. The lowest BCUT2D eigenvalue weighted by molar-refractivity contribution is -0.384. The fourth-order valence-electron chi connectivity index (χ4n) is 1.95. The van der Waals surface area contributed by atoms with Crippen molar-refractivity contribution in [3.63, 3.8) is 0 Å². The molecule has 0 bridgehead atoms. The maximum Gasteiger partial charge on any atom is 0.269 e. The Bertz CT molecular complexity index is 612. The molecule has 8 nitrogen and oxygen atoms in total. The minimum Gasteiger partial charge on any atom is -0.419 e. The van der Waals surface area contributed by atoms with Crippen molar-refractivity contribution >= 4 is 5.69 Å². The summed E-state index contributed by atoms with van der Waals surface area (Å²) in [5.41, 5.74) is 0.688. The first-order valence-corrected chi connectivity index (χ1v) is 6.85. The van der Waals surface area contributed by atoms with E-state index < -0.39 is 4.92 Å². The Labute approximate surface area is 127 Å². The zero-order chi connectivity index (χ0) is 15.9. The molecule has 0 saturated carbocycles. The molecule has 1 heterocycles. The first kappa shape index (κ1) is 16.1. The number of hydrogen-bond acceptors (Lipinski definition) is 7. The first-order chi connectivity index (χ1) is 10.6. The number of nitro benzene ring substituents is 1. The molecule has 0 unspecified atom stereocenters. The molecular weight excluding hydrogens is 288 g/mol. The van der Waals surface area contributed by atoms with Crippen LogP contribution >= 0.6 is 0 Å². The molecule has 0 radical (unpaired) electrons. The zero-order valence-electron chi connectivity index (χ0n) is 12.6. The van der Waals surface area contributed by atoms with Gasteiger partial charge in [0.25, 0.3) is 5.69 Å². The predicted octanol–water partition coefficient (Wildman–Crippen LogP) is 2.11. The van der Waals surface area contributed by atoms with Crippen molar-refractivity contribution in [2.24, 2.45) is 0 Å². The van der Waals surface area contributed by atoms with Gasteiger partial charge in [-0.2, -0.15) is 0 Å². The Morgan fingerprint density at radius 3 is 2.68 bits per heavy atom. The minimum absolute atomic E-state index is 0.0290. The molecule has 8 heteroatoms. The summed E-state index contributed by atoms with van der Waals surface area (Å²) in [4.78, 5) is 12.2. The van der Waals surface area contributed by atoms with E-state index in [4.69, 9.17) is 9.15 Å². The molecule has 0 aliphatic rings. The van der Waals surface area contributed by atoms with Crippen LogP contribution < -0.4 is 0 Å². The molecule has 0 N–H and O–H groups in total. The fraction of sp³-hybridized carbons (Fsp3) is 0.429. The molecule has 0 aliphatic heterocycles. The molecule has 0 amide bonds. The van der Waals surface area contributed by atoms with Crippen molar-refractivity contribution in [2.75, 3.05) is 27.3 Å². The molecular formula is C14H18N4O4. The number of nitro groups is 1. The summed E-state index contributed by atoms with van der Waals surface area (Å²) in [5.74, 6) is 0.864. The van der Waals surface area contributed by atoms with Gasteiger partial charge in [-0.05, 0) is 25.6 Å². The van der Waals surface area contributed by atoms with Crippen molar-refractivity contribution in [1.29, 1.82) is 0 Å². The highest BCUT2D eigenvalue weighted by Crippen LogP contribution is 2.21. The summed E-state index contributed by atoms with van der Waals surface area (Å²) in [5, 5.41) is 18.6. The minimum atomic E-state index is -0.446. The van der Waals surface area contributed by atoms with Crippen LogP contribution in [0.15, 0.2) is 28.7 Å². The van der Waals surface area contributed by atoms with E-state index in [0.717, 1.165) is 13.0 Å². The van der Waals surface area contributed by atoms with Gasteiger partial charge in [0.15, 0.2) is 0 Å². The van der Waals surface area contributed by atoms with Gasteiger partial charge in [0, 0.05) is 38.0 Å². The lowest BCUT2D eigenvalue weighted by Crippen LogP contribution is -2.20. The van der Waals surface area contributed by atoms with Gasteiger partial charge in [-0.1, -0.05) is 0 Å². The van der Waals surface area contributed by atoms with E-state index >= 15 is 0 Å². The number of hydrogen-bond donors (Lipinski definition) is 0. The molecule has 0 spiro atoms. The molecule has 118 valence electrons. The normalized spacial score (nSPS) is 11.0. The molecule has 22 heavy (non-hydrogen) atoms. The van der Waals surface area contributed by atoms with Gasteiger partial charge in [0.1, 0.15) is 0 Å². The lowest BCUT2D eigenvalue weighted by atomic mass is 10.2. The van der Waals surface area contributed by atoms with Gasteiger partial charge >= 0.3 is 0 Å². The van der Waals surface area contributed by atoms with Crippen molar-refractivity contribution in [2.45, 2.75) is 13.0 Å². The van der Waals surface area contributed by atoms with E-state index in [1.54, 1.807) is 19.2 Å². The van der Waals surface area contributed by atoms with Crippen molar-refractivity contribution in [3.8, 4) is 11.5 Å². The second kappa shape index (κ2) is 7.62. The maximum absolute atomic E-state index is 10.6. The number of aromatic nitrogens is 2. The van der Waals surface area contributed by atoms with E-state index in [1.165, 1.54) is 12.1 Å². The van der Waals surface area contributed by atoms with Crippen molar-refractivity contribution < 1.29 is 14.1 Å². The number of rotatable bonds is 8. The third-order valence-corrected chi connectivity index (χ3v) is 3.09. The Morgan fingerprint density at radius 1 is 1.32 bits per heavy atom. The quantitative estimate of drug-likeness (QED) is 0.419. The zero-order valence-corrected chi connectivity index (χ0v) is 12.6. The average molecular weight is 306 g/mol. The predicted molar refractivity (Wildman–Crippen MR) is 79.2 cm³/mol. The van der Waals surface area contributed by atoms with Crippen LogP contribution in [0.25, 0.3) is 11.5 Å². The fourth-order valence-corrected chi connectivity index (χ4v) is 1.95. The summed E-state index contributed by atoms with van der Waals surface area (Å²) in [6.45, 7) is 2.12. The number of ether oxygens (including phenoxy) is 1. The largest absolute Gasteiger partial charge is 0.419 e. The number of nitrogens with zero attached hydrogens (tertiary/aromatic N) is 4. The molecule has 1 aromatic heterocycles.